The molecule has 0 spiro atoms. The third-order valence-electron chi connectivity index (χ3n) is 3.49. The predicted octanol–water partition coefficient (Wildman–Crippen LogP) is 5.71. The zero-order chi connectivity index (χ0) is 13.9. The third kappa shape index (κ3) is 7.71. The van der Waals surface area contributed by atoms with Crippen LogP contribution in [0.4, 0.5) is 0 Å². The summed E-state index contributed by atoms with van der Waals surface area (Å²) in [6.45, 7) is 9.26. The maximum Gasteiger partial charge on any atom is 0.113 e. The van der Waals surface area contributed by atoms with Crippen molar-refractivity contribution in [3.05, 3.63) is 48.2 Å². The molecule has 1 nitrogen and oxygen atoms in total. The first-order valence-corrected chi connectivity index (χ1v) is 7.57. The molecule has 19 heavy (non-hydrogen) atoms. The fourth-order valence-electron chi connectivity index (χ4n) is 2.18. The number of allylic oxidation sites excluding steroid dienone is 1. The van der Waals surface area contributed by atoms with Gasteiger partial charge in [0.05, 0.1) is 5.76 Å². The van der Waals surface area contributed by atoms with E-state index in [1.54, 1.807) is 0 Å². The molecule has 1 aromatic rings. The van der Waals surface area contributed by atoms with E-state index in [4.69, 9.17) is 4.74 Å². The molecule has 0 heterocycles. The van der Waals surface area contributed by atoms with Crippen LogP contribution in [0.3, 0.4) is 0 Å². The monoisotopic (exact) mass is 260 g/mol. The van der Waals surface area contributed by atoms with Gasteiger partial charge in [-0.2, -0.15) is 0 Å². The van der Waals surface area contributed by atoms with Crippen LogP contribution in [-0.2, 0) is 11.3 Å². The average Bonchev–Trinajstić information content (AvgIpc) is 2.44. The largest absolute Gasteiger partial charge is 0.494 e. The zero-order valence-electron chi connectivity index (χ0n) is 12.5. The van der Waals surface area contributed by atoms with Gasteiger partial charge >= 0.3 is 0 Å². The van der Waals surface area contributed by atoms with Gasteiger partial charge in [0.1, 0.15) is 6.61 Å². The van der Waals surface area contributed by atoms with E-state index in [9.17, 15) is 0 Å². The maximum absolute atomic E-state index is 5.70. The van der Waals surface area contributed by atoms with Crippen molar-refractivity contribution in [1.82, 2.24) is 0 Å². The predicted molar refractivity (Wildman–Crippen MR) is 82.9 cm³/mol. The quantitative estimate of drug-likeness (QED) is 0.489. The molecule has 1 heteroatoms. The van der Waals surface area contributed by atoms with Gasteiger partial charge in [-0.1, -0.05) is 76.4 Å². The van der Waals surface area contributed by atoms with Crippen LogP contribution >= 0.6 is 0 Å². The minimum atomic E-state index is 0.644. The van der Waals surface area contributed by atoms with Crippen molar-refractivity contribution >= 4 is 0 Å². The molecule has 0 aliphatic carbocycles. The lowest BCUT2D eigenvalue weighted by atomic mass is 9.98. The molecule has 106 valence electrons. The molecular formula is C18H28O. The van der Waals surface area contributed by atoms with Crippen LogP contribution in [0, 0.1) is 5.92 Å². The average molecular weight is 260 g/mol. The summed E-state index contributed by atoms with van der Waals surface area (Å²) in [5, 5.41) is 0. The summed E-state index contributed by atoms with van der Waals surface area (Å²) in [7, 11) is 0. The molecule has 0 aliphatic heterocycles. The molecule has 0 fully saturated rings. The second-order valence-corrected chi connectivity index (χ2v) is 5.45. The zero-order valence-corrected chi connectivity index (χ0v) is 12.5. The number of rotatable bonds is 10. The molecule has 1 atom stereocenters. The van der Waals surface area contributed by atoms with Crippen molar-refractivity contribution in [3.8, 4) is 0 Å². The third-order valence-corrected chi connectivity index (χ3v) is 3.49. The summed E-state index contributed by atoms with van der Waals surface area (Å²) in [6, 6.07) is 10.3. The van der Waals surface area contributed by atoms with Gasteiger partial charge in [-0.05, 0) is 17.9 Å². The van der Waals surface area contributed by atoms with Crippen LogP contribution in [0.15, 0.2) is 42.7 Å². The topological polar surface area (TPSA) is 9.23 Å². The van der Waals surface area contributed by atoms with E-state index in [2.05, 4.69) is 32.6 Å². The van der Waals surface area contributed by atoms with E-state index in [0.29, 0.717) is 6.61 Å². The Morgan fingerprint density at radius 2 is 1.84 bits per heavy atom. The molecule has 0 saturated heterocycles. The SMILES string of the molecule is C=C(CCCC(C)CCCC)OCc1ccccc1. The number of ether oxygens (including phenoxy) is 1. The number of hydrogen-bond acceptors (Lipinski definition) is 1. The van der Waals surface area contributed by atoms with Gasteiger partial charge in [-0.3, -0.25) is 0 Å². The smallest absolute Gasteiger partial charge is 0.113 e. The molecule has 0 saturated carbocycles. The van der Waals surface area contributed by atoms with Crippen LogP contribution in [-0.4, -0.2) is 0 Å². The van der Waals surface area contributed by atoms with E-state index in [0.717, 1.165) is 18.1 Å². The van der Waals surface area contributed by atoms with Gasteiger partial charge in [0.25, 0.3) is 0 Å². The first-order chi connectivity index (χ1) is 9.22. The molecule has 0 aliphatic rings. The minimum absolute atomic E-state index is 0.644. The minimum Gasteiger partial charge on any atom is -0.494 e. The van der Waals surface area contributed by atoms with Gasteiger partial charge in [0, 0.05) is 6.42 Å². The normalized spacial score (nSPS) is 12.1. The van der Waals surface area contributed by atoms with E-state index >= 15 is 0 Å². The molecule has 0 radical (unpaired) electrons. The Morgan fingerprint density at radius 1 is 1.16 bits per heavy atom. The van der Waals surface area contributed by atoms with Crippen LogP contribution in [0.2, 0.25) is 0 Å². The van der Waals surface area contributed by atoms with Crippen molar-refractivity contribution in [2.45, 2.75) is 59.0 Å². The highest BCUT2D eigenvalue weighted by atomic mass is 16.5. The molecule has 0 aromatic heterocycles. The Labute approximate surface area is 118 Å². The Hall–Kier alpha value is -1.24. The van der Waals surface area contributed by atoms with E-state index in [1.807, 2.05) is 18.2 Å². The Balaban J connectivity index is 2.08. The van der Waals surface area contributed by atoms with Crippen molar-refractivity contribution in [2.75, 3.05) is 0 Å². The van der Waals surface area contributed by atoms with Crippen LogP contribution in [0.1, 0.15) is 57.9 Å². The molecule has 1 aromatic carbocycles. The van der Waals surface area contributed by atoms with Crippen LogP contribution < -0.4 is 0 Å². The molecule has 1 unspecified atom stereocenters. The first-order valence-electron chi connectivity index (χ1n) is 7.57. The molecular weight excluding hydrogens is 232 g/mol. The van der Waals surface area contributed by atoms with Gasteiger partial charge in [0.2, 0.25) is 0 Å². The van der Waals surface area contributed by atoms with Gasteiger partial charge < -0.3 is 4.74 Å². The lowest BCUT2D eigenvalue weighted by molar-refractivity contribution is 0.188. The van der Waals surface area contributed by atoms with E-state index < -0.39 is 0 Å². The lowest BCUT2D eigenvalue weighted by Crippen LogP contribution is -1.97. The first kappa shape index (κ1) is 15.8. The number of benzene rings is 1. The summed E-state index contributed by atoms with van der Waals surface area (Å²) in [4.78, 5) is 0. The van der Waals surface area contributed by atoms with Crippen molar-refractivity contribution in [3.63, 3.8) is 0 Å². The molecule has 0 bridgehead atoms. The van der Waals surface area contributed by atoms with Gasteiger partial charge in [-0.25, -0.2) is 0 Å². The molecule has 0 amide bonds. The molecule has 1 rings (SSSR count). The fourth-order valence-corrected chi connectivity index (χ4v) is 2.18. The van der Waals surface area contributed by atoms with E-state index in [-0.39, 0.29) is 0 Å². The highest BCUT2D eigenvalue weighted by molar-refractivity contribution is 5.13. The Morgan fingerprint density at radius 3 is 2.53 bits per heavy atom. The van der Waals surface area contributed by atoms with Crippen molar-refractivity contribution < 1.29 is 4.74 Å². The second kappa shape index (κ2) is 9.66. The van der Waals surface area contributed by atoms with Gasteiger partial charge in [0.15, 0.2) is 0 Å². The van der Waals surface area contributed by atoms with Gasteiger partial charge in [-0.15, -0.1) is 0 Å². The standard InChI is InChI=1S/C18H28O/c1-4-5-10-16(2)11-9-12-17(3)19-15-18-13-7-6-8-14-18/h6-8,13-14,16H,3-5,9-12,15H2,1-2H3. The highest BCUT2D eigenvalue weighted by Gasteiger charge is 2.03. The van der Waals surface area contributed by atoms with Crippen LogP contribution in [0.25, 0.3) is 0 Å². The van der Waals surface area contributed by atoms with Crippen LogP contribution in [0.5, 0.6) is 0 Å². The summed E-state index contributed by atoms with van der Waals surface area (Å²) in [5.41, 5.74) is 1.21. The maximum atomic E-state index is 5.70. The summed E-state index contributed by atoms with van der Waals surface area (Å²) in [6.07, 6.45) is 7.48. The fraction of sp³-hybridized carbons (Fsp3) is 0.556. The number of unbranched alkanes of at least 4 members (excludes halogenated alkanes) is 1. The Kier molecular flexibility index (Phi) is 8.04. The Bertz CT molecular complexity index is 342. The summed E-state index contributed by atoms with van der Waals surface area (Å²) in [5.74, 6) is 1.76. The summed E-state index contributed by atoms with van der Waals surface area (Å²) < 4.78 is 5.70. The second-order valence-electron chi connectivity index (χ2n) is 5.45. The summed E-state index contributed by atoms with van der Waals surface area (Å²) >= 11 is 0. The number of hydrogen-bond donors (Lipinski definition) is 0. The molecule has 0 N–H and O–H groups in total. The highest BCUT2D eigenvalue weighted by Crippen LogP contribution is 2.17. The van der Waals surface area contributed by atoms with E-state index in [1.165, 1.54) is 37.7 Å². The van der Waals surface area contributed by atoms with Crippen molar-refractivity contribution in [1.29, 1.82) is 0 Å². The lowest BCUT2D eigenvalue weighted by Gasteiger charge is -2.12. The van der Waals surface area contributed by atoms with Crippen molar-refractivity contribution in [2.24, 2.45) is 5.92 Å².